The number of alkyl halides is 6. The molecule has 1 rings (SSSR count). The topological polar surface area (TPSA) is 39.2 Å². The molecule has 100 valence electrons. The summed E-state index contributed by atoms with van der Waals surface area (Å²) in [5, 5.41) is 0. The number of hydrogen-bond acceptors (Lipinski definition) is 3. The largest absolute Gasteiger partial charge is 0.573 e. The monoisotopic (exact) mass is 385 g/mol. The van der Waals surface area contributed by atoms with E-state index in [9.17, 15) is 31.1 Å². The van der Waals surface area contributed by atoms with Crippen molar-refractivity contribution in [3.05, 3.63) is 21.0 Å². The second kappa shape index (κ2) is 4.90. The van der Waals surface area contributed by atoms with Crippen LogP contribution in [-0.2, 0) is 6.18 Å². The normalized spacial score (nSPS) is 12.4. The summed E-state index contributed by atoms with van der Waals surface area (Å²) in [5.74, 6) is -1.29. The van der Waals surface area contributed by atoms with Crippen molar-refractivity contribution in [1.29, 1.82) is 0 Å². The first-order valence-corrected chi connectivity index (χ1v) is 5.11. The molecule has 0 saturated heterocycles. The van der Waals surface area contributed by atoms with Crippen LogP contribution in [0, 0.1) is 3.70 Å². The fourth-order valence-corrected chi connectivity index (χ4v) is 1.70. The maximum Gasteiger partial charge on any atom is 0.573 e. The van der Waals surface area contributed by atoms with Gasteiger partial charge in [0.25, 0.3) is 0 Å². The molecule has 0 atom stereocenters. The summed E-state index contributed by atoms with van der Waals surface area (Å²) in [4.78, 5) is 13.5. The Balaban J connectivity index is 3.36. The van der Waals surface area contributed by atoms with Gasteiger partial charge in [-0.15, -0.1) is 13.2 Å². The molecular formula is C8H2F6INO2. The van der Waals surface area contributed by atoms with E-state index in [1.807, 2.05) is 0 Å². The quantitative estimate of drug-likeness (QED) is 0.339. The predicted molar refractivity (Wildman–Crippen MR) is 54.0 cm³/mol. The Labute approximate surface area is 109 Å². The Kier molecular flexibility index (Phi) is 4.08. The highest BCUT2D eigenvalue weighted by Gasteiger charge is 2.38. The van der Waals surface area contributed by atoms with Crippen LogP contribution < -0.4 is 4.74 Å². The third kappa shape index (κ3) is 3.71. The van der Waals surface area contributed by atoms with Gasteiger partial charge >= 0.3 is 12.5 Å². The Bertz CT molecular complexity index is 470. The summed E-state index contributed by atoms with van der Waals surface area (Å²) in [6.07, 6.45) is -10.2. The van der Waals surface area contributed by atoms with Crippen LogP contribution in [0.3, 0.4) is 0 Å². The van der Waals surface area contributed by atoms with Crippen molar-refractivity contribution in [3.63, 3.8) is 0 Å². The first-order chi connectivity index (χ1) is 8.04. The van der Waals surface area contributed by atoms with Crippen molar-refractivity contribution in [1.82, 2.24) is 4.98 Å². The maximum atomic E-state index is 12.4. The van der Waals surface area contributed by atoms with Gasteiger partial charge in [0.15, 0.2) is 12.0 Å². The van der Waals surface area contributed by atoms with Gasteiger partial charge in [0.2, 0.25) is 0 Å². The van der Waals surface area contributed by atoms with E-state index in [4.69, 9.17) is 0 Å². The fraction of sp³-hybridized carbons (Fsp3) is 0.250. The van der Waals surface area contributed by atoms with Crippen molar-refractivity contribution in [2.45, 2.75) is 12.5 Å². The average Bonchev–Trinajstić information content (AvgIpc) is 2.16. The van der Waals surface area contributed by atoms with Crippen LogP contribution in [0.2, 0.25) is 0 Å². The van der Waals surface area contributed by atoms with Crippen molar-refractivity contribution in [2.75, 3.05) is 0 Å². The Morgan fingerprint density at radius 3 is 2.17 bits per heavy atom. The van der Waals surface area contributed by atoms with Crippen LogP contribution in [0.4, 0.5) is 26.3 Å². The zero-order valence-electron chi connectivity index (χ0n) is 8.06. The lowest BCUT2D eigenvalue weighted by Crippen LogP contribution is -2.20. The van der Waals surface area contributed by atoms with Crippen LogP contribution in [0.25, 0.3) is 0 Å². The third-order valence-electron chi connectivity index (χ3n) is 1.61. The summed E-state index contributed by atoms with van der Waals surface area (Å²) in [6.45, 7) is 0. The second-order valence-electron chi connectivity index (χ2n) is 2.87. The van der Waals surface area contributed by atoms with Gasteiger partial charge in [-0.3, -0.25) is 4.79 Å². The number of hydrogen-bond donors (Lipinski definition) is 0. The molecule has 0 amide bonds. The summed E-state index contributed by atoms with van der Waals surface area (Å²) in [7, 11) is 0. The number of halogens is 7. The van der Waals surface area contributed by atoms with E-state index in [0.29, 0.717) is 0 Å². The highest BCUT2D eigenvalue weighted by molar-refractivity contribution is 14.1. The number of rotatable bonds is 2. The van der Waals surface area contributed by atoms with Crippen LogP contribution in [-0.4, -0.2) is 17.6 Å². The van der Waals surface area contributed by atoms with E-state index < -0.39 is 33.2 Å². The number of nitrogens with zero attached hydrogens (tertiary/aromatic N) is 1. The van der Waals surface area contributed by atoms with Gasteiger partial charge in [0, 0.05) is 0 Å². The summed E-state index contributed by atoms with van der Waals surface area (Å²) >= 11 is 1.16. The maximum absolute atomic E-state index is 12.4. The van der Waals surface area contributed by atoms with E-state index in [1.54, 1.807) is 0 Å². The molecule has 3 nitrogen and oxygen atoms in total. The lowest BCUT2D eigenvalue weighted by Gasteiger charge is -2.14. The SMILES string of the molecule is O=Cc1nc(I)c(C(F)(F)F)cc1OC(F)(F)F. The zero-order chi connectivity index (χ0) is 14.1. The van der Waals surface area contributed by atoms with E-state index in [-0.39, 0.29) is 12.4 Å². The lowest BCUT2D eigenvalue weighted by atomic mass is 10.2. The Morgan fingerprint density at radius 1 is 1.22 bits per heavy atom. The molecule has 0 aliphatic carbocycles. The molecule has 0 spiro atoms. The van der Waals surface area contributed by atoms with E-state index >= 15 is 0 Å². The number of aromatic nitrogens is 1. The molecule has 0 N–H and O–H groups in total. The van der Waals surface area contributed by atoms with Crippen molar-refractivity contribution in [3.8, 4) is 5.75 Å². The number of pyridine rings is 1. The van der Waals surface area contributed by atoms with Crippen LogP contribution in [0.1, 0.15) is 16.1 Å². The molecule has 18 heavy (non-hydrogen) atoms. The molecule has 0 aliphatic heterocycles. The molecule has 1 heterocycles. The molecule has 1 aromatic heterocycles. The lowest BCUT2D eigenvalue weighted by molar-refractivity contribution is -0.275. The molecule has 1 aromatic rings. The number of ether oxygens (including phenoxy) is 1. The van der Waals surface area contributed by atoms with E-state index in [0.717, 1.165) is 22.6 Å². The van der Waals surface area contributed by atoms with Gasteiger partial charge in [-0.1, -0.05) is 0 Å². The van der Waals surface area contributed by atoms with Gasteiger partial charge in [0.05, 0.1) is 5.56 Å². The van der Waals surface area contributed by atoms with Crippen LogP contribution in [0.15, 0.2) is 6.07 Å². The second-order valence-corrected chi connectivity index (χ2v) is 3.90. The highest BCUT2D eigenvalue weighted by Crippen LogP contribution is 2.36. The van der Waals surface area contributed by atoms with Gasteiger partial charge in [-0.2, -0.15) is 13.2 Å². The molecule has 0 bridgehead atoms. The molecule has 10 heteroatoms. The third-order valence-corrected chi connectivity index (χ3v) is 2.43. The molecule has 0 fully saturated rings. The predicted octanol–water partition coefficient (Wildman–Crippen LogP) is 3.42. The molecule has 0 unspecified atom stereocenters. The van der Waals surface area contributed by atoms with Crippen LogP contribution >= 0.6 is 22.6 Å². The van der Waals surface area contributed by atoms with Crippen LogP contribution in [0.5, 0.6) is 5.75 Å². The van der Waals surface area contributed by atoms with Crippen molar-refractivity contribution < 1.29 is 35.9 Å². The molecule has 0 saturated carbocycles. The van der Waals surface area contributed by atoms with Crippen molar-refractivity contribution >= 4 is 28.9 Å². The Hall–Kier alpha value is -1.07. The summed E-state index contributed by atoms with van der Waals surface area (Å²) in [5.41, 5.74) is -2.27. The zero-order valence-corrected chi connectivity index (χ0v) is 10.2. The first kappa shape index (κ1) is 15.0. The molecular weight excluding hydrogens is 383 g/mol. The number of carbonyl (C=O) groups excluding carboxylic acids is 1. The average molecular weight is 385 g/mol. The van der Waals surface area contributed by atoms with Gasteiger partial charge in [0.1, 0.15) is 9.39 Å². The smallest absolute Gasteiger partial charge is 0.403 e. The van der Waals surface area contributed by atoms with Gasteiger partial charge in [-0.05, 0) is 28.7 Å². The highest BCUT2D eigenvalue weighted by atomic mass is 127. The van der Waals surface area contributed by atoms with Crippen molar-refractivity contribution in [2.24, 2.45) is 0 Å². The standard InChI is InChI=1S/C8H2F6INO2/c9-7(10,11)3-1-5(18-8(12,13)14)4(2-17)16-6(3)15/h1-2H. The Morgan fingerprint density at radius 2 is 1.78 bits per heavy atom. The van der Waals surface area contributed by atoms with E-state index in [1.165, 1.54) is 0 Å². The minimum Gasteiger partial charge on any atom is -0.403 e. The first-order valence-electron chi connectivity index (χ1n) is 4.03. The number of carbonyl (C=O) groups is 1. The molecule has 0 aromatic carbocycles. The number of aldehydes is 1. The minimum absolute atomic E-state index is 0.0893. The summed E-state index contributed by atoms with van der Waals surface area (Å²) < 4.78 is 75.8. The van der Waals surface area contributed by atoms with Gasteiger partial charge < -0.3 is 4.74 Å². The minimum atomic E-state index is -5.21. The molecule has 0 radical (unpaired) electrons. The fourth-order valence-electron chi connectivity index (χ4n) is 0.975. The van der Waals surface area contributed by atoms with Gasteiger partial charge in [-0.25, -0.2) is 4.98 Å². The summed E-state index contributed by atoms with van der Waals surface area (Å²) in [6, 6.07) is 0.0893. The van der Waals surface area contributed by atoms with E-state index in [2.05, 4.69) is 9.72 Å². The molecule has 0 aliphatic rings.